The van der Waals surface area contributed by atoms with Crippen molar-refractivity contribution in [1.29, 1.82) is 0 Å². The van der Waals surface area contributed by atoms with Crippen molar-refractivity contribution < 1.29 is 21.7 Å². The molecular weight excluding hydrogens is 340 g/mol. The minimum Gasteiger partial charge on any atom is -0.682 e. The maximum absolute atomic E-state index is 5.03. The molecule has 0 radical (unpaired) electrons. The van der Waals surface area contributed by atoms with E-state index in [0.717, 1.165) is 24.2 Å². The number of rotatable bonds is 4. The molecule has 1 aliphatic rings. The van der Waals surface area contributed by atoms with Crippen LogP contribution in [0.25, 0.3) is 10.6 Å². The predicted molar refractivity (Wildman–Crippen MR) is 107 cm³/mol. The molecule has 0 aliphatic heterocycles. The first-order chi connectivity index (χ1) is 10.7. The van der Waals surface area contributed by atoms with E-state index < -0.39 is 0 Å². The van der Waals surface area contributed by atoms with Crippen LogP contribution < -0.4 is 0 Å². The molecule has 2 nitrogen and oxygen atoms in total. The van der Waals surface area contributed by atoms with Gasteiger partial charge in [-0.1, -0.05) is 85.3 Å². The first-order valence-corrected chi connectivity index (χ1v) is 8.27. The van der Waals surface area contributed by atoms with Gasteiger partial charge < -0.3 is 25.5 Å². The Morgan fingerprint density at radius 3 is 1.40 bits per heavy atom. The molecule has 1 aliphatic carbocycles. The van der Waals surface area contributed by atoms with Crippen molar-refractivity contribution >= 4 is 11.4 Å². The molecule has 3 heteroatoms. The van der Waals surface area contributed by atoms with Gasteiger partial charge in [0.25, 0.3) is 0 Å². The summed E-state index contributed by atoms with van der Waals surface area (Å²) in [6.07, 6.45) is 4.82. The summed E-state index contributed by atoms with van der Waals surface area (Å²) in [6.45, 7) is 4.27. The maximum Gasteiger partial charge on any atom is 4.00 e. The summed E-state index contributed by atoms with van der Waals surface area (Å²) in [5.74, 6) is 0. The molecule has 0 saturated heterocycles. The Hall–Kier alpha value is -1.25. The third kappa shape index (κ3) is 6.20. The van der Waals surface area contributed by atoms with Crippen LogP contribution in [0.15, 0.2) is 48.5 Å². The topological polar surface area (TPSA) is 28.2 Å². The molecule has 2 unspecified atom stereocenters. The molecule has 132 valence electrons. The van der Waals surface area contributed by atoms with Crippen LogP contribution in [0.2, 0.25) is 0 Å². The largest absolute Gasteiger partial charge is 4.00 e. The minimum atomic E-state index is 0. The molecule has 1 fully saturated rings. The normalized spacial score (nSPS) is 18.8. The van der Waals surface area contributed by atoms with E-state index in [1.54, 1.807) is 0 Å². The molecule has 0 heterocycles. The van der Waals surface area contributed by atoms with Gasteiger partial charge in [-0.05, 0) is 13.8 Å². The van der Waals surface area contributed by atoms with Gasteiger partial charge in [0.15, 0.2) is 0 Å². The summed E-state index contributed by atoms with van der Waals surface area (Å²) in [5.41, 5.74) is 4.75. The Labute approximate surface area is 169 Å². The van der Waals surface area contributed by atoms with E-state index in [9.17, 15) is 0 Å². The Kier molecular flexibility index (Phi) is 10.8. The molecule has 2 aromatic rings. The molecule has 25 heavy (non-hydrogen) atoms. The number of hydrogen-bond donors (Lipinski definition) is 0. The average molecular weight is 370 g/mol. The standard InChI is InChI=1S/C20H24N2.2CH3.Ti/c1-15-9-3-5-11-17(15)21-19-13-7-8-14-20(19)22-18-12-6-4-10-16(18)2;;;/h3-6,9-12,19-20H,7-8,13-14H2,1-2H3;2*1H3;/q-2;2*-1;+4. The molecule has 1 saturated carbocycles. The predicted octanol–water partition coefficient (Wildman–Crippen LogP) is 7.22. The average Bonchev–Trinajstić information content (AvgIpc) is 2.53. The van der Waals surface area contributed by atoms with E-state index in [1.807, 2.05) is 0 Å². The first kappa shape index (κ1) is 23.8. The van der Waals surface area contributed by atoms with Crippen LogP contribution in [0.3, 0.4) is 0 Å². The van der Waals surface area contributed by atoms with E-state index in [2.05, 4.69) is 62.4 Å². The number of hydrogen-bond acceptors (Lipinski definition) is 0. The summed E-state index contributed by atoms with van der Waals surface area (Å²) in [6, 6.07) is 17.4. The second-order valence-electron chi connectivity index (χ2n) is 6.25. The Morgan fingerprint density at radius 2 is 1.04 bits per heavy atom. The maximum atomic E-state index is 5.03. The number of aryl methyl sites for hydroxylation is 2. The summed E-state index contributed by atoms with van der Waals surface area (Å²) >= 11 is 0. The summed E-state index contributed by atoms with van der Waals surface area (Å²) in [7, 11) is 0. The van der Waals surface area contributed by atoms with Crippen molar-refractivity contribution in [2.75, 3.05) is 0 Å². The first-order valence-electron chi connectivity index (χ1n) is 8.27. The monoisotopic (exact) mass is 370 g/mol. The van der Waals surface area contributed by atoms with Crippen LogP contribution >= 0.6 is 0 Å². The van der Waals surface area contributed by atoms with Crippen molar-refractivity contribution in [2.45, 2.75) is 51.6 Å². The van der Waals surface area contributed by atoms with Gasteiger partial charge in [-0.25, -0.2) is 0 Å². The van der Waals surface area contributed by atoms with Gasteiger partial charge in [0.1, 0.15) is 0 Å². The quantitative estimate of drug-likeness (QED) is 0.401. The van der Waals surface area contributed by atoms with Crippen LogP contribution in [0.1, 0.15) is 36.8 Å². The minimum absolute atomic E-state index is 0. The molecule has 2 aromatic carbocycles. The Bertz CT molecular complexity index is 571. The van der Waals surface area contributed by atoms with Crippen molar-refractivity contribution in [3.8, 4) is 0 Å². The van der Waals surface area contributed by atoms with Gasteiger partial charge >= 0.3 is 21.7 Å². The number of para-hydroxylation sites is 2. The second-order valence-corrected chi connectivity index (χ2v) is 6.25. The molecule has 0 spiro atoms. The van der Waals surface area contributed by atoms with Gasteiger partial charge in [-0.3, -0.25) is 0 Å². The molecule has 0 N–H and O–H groups in total. The smallest absolute Gasteiger partial charge is 0.682 e. The van der Waals surface area contributed by atoms with Crippen molar-refractivity contribution in [3.63, 3.8) is 0 Å². The van der Waals surface area contributed by atoms with Gasteiger partial charge in [-0.15, -0.1) is 23.5 Å². The fourth-order valence-corrected chi connectivity index (χ4v) is 3.17. The zero-order valence-corrected chi connectivity index (χ0v) is 17.6. The molecule has 2 atom stereocenters. The van der Waals surface area contributed by atoms with Crippen LogP contribution in [0.4, 0.5) is 11.4 Å². The van der Waals surface area contributed by atoms with E-state index >= 15 is 0 Å². The second kappa shape index (κ2) is 11.4. The number of nitrogens with zero attached hydrogens (tertiary/aromatic N) is 2. The third-order valence-corrected chi connectivity index (χ3v) is 4.53. The molecule has 0 amide bonds. The Balaban J connectivity index is 0.00000192. The fourth-order valence-electron chi connectivity index (χ4n) is 3.17. The van der Waals surface area contributed by atoms with Gasteiger partial charge in [0.05, 0.1) is 0 Å². The summed E-state index contributed by atoms with van der Waals surface area (Å²) in [4.78, 5) is 0. The van der Waals surface area contributed by atoms with Crippen molar-refractivity contribution in [2.24, 2.45) is 0 Å². The van der Waals surface area contributed by atoms with Gasteiger partial charge in [0.2, 0.25) is 0 Å². The van der Waals surface area contributed by atoms with Crippen LogP contribution in [0, 0.1) is 28.7 Å². The van der Waals surface area contributed by atoms with E-state index in [4.69, 9.17) is 10.6 Å². The number of benzene rings is 2. The van der Waals surface area contributed by atoms with E-state index in [-0.39, 0.29) is 36.6 Å². The molecule has 0 aromatic heterocycles. The van der Waals surface area contributed by atoms with Gasteiger partial charge in [0, 0.05) is 0 Å². The van der Waals surface area contributed by atoms with Crippen LogP contribution in [-0.4, -0.2) is 12.1 Å². The molecular formula is C22H30N2Ti. The van der Waals surface area contributed by atoms with E-state index in [0.29, 0.717) is 12.1 Å². The van der Waals surface area contributed by atoms with Crippen molar-refractivity contribution in [1.82, 2.24) is 0 Å². The van der Waals surface area contributed by atoms with Crippen molar-refractivity contribution in [3.05, 3.63) is 85.1 Å². The molecule has 3 rings (SSSR count). The fraction of sp³-hybridized carbons (Fsp3) is 0.364. The third-order valence-electron chi connectivity index (χ3n) is 4.53. The Morgan fingerprint density at radius 1 is 0.680 bits per heavy atom. The summed E-state index contributed by atoms with van der Waals surface area (Å²) < 4.78 is 0. The van der Waals surface area contributed by atoms with E-state index in [1.165, 1.54) is 24.0 Å². The SMILES string of the molecule is Cc1ccccc1[N-]C1CCCCC1[N-]c1ccccc1C.[CH3-].[CH3-].[Ti+4]. The molecule has 0 bridgehead atoms. The zero-order valence-electron chi connectivity index (χ0n) is 16.0. The van der Waals surface area contributed by atoms with Crippen LogP contribution in [-0.2, 0) is 21.7 Å². The van der Waals surface area contributed by atoms with Crippen LogP contribution in [0.5, 0.6) is 0 Å². The van der Waals surface area contributed by atoms with Gasteiger partial charge in [-0.2, -0.15) is 0 Å². The summed E-state index contributed by atoms with van der Waals surface area (Å²) in [5, 5.41) is 10.1. The zero-order chi connectivity index (χ0) is 15.4.